The first-order valence-electron chi connectivity index (χ1n) is 12.3. The molecule has 8 nitrogen and oxygen atoms in total. The lowest BCUT2D eigenvalue weighted by Crippen LogP contribution is -2.29. The van der Waals surface area contributed by atoms with Gasteiger partial charge in [0, 0.05) is 18.5 Å². The zero-order chi connectivity index (χ0) is 27.0. The molecule has 2 atom stereocenters. The van der Waals surface area contributed by atoms with Crippen LogP contribution in [0.15, 0.2) is 66.2 Å². The van der Waals surface area contributed by atoms with Gasteiger partial charge in [-0.2, -0.15) is 0 Å². The number of hydrogen-bond acceptors (Lipinski definition) is 7. The average molecular weight is 516 g/mol. The molecule has 1 saturated heterocycles. The highest BCUT2D eigenvalue weighted by atomic mass is 16.5. The molecular formula is C30H29NO7. The second-order valence-corrected chi connectivity index (χ2v) is 9.33. The van der Waals surface area contributed by atoms with Crippen molar-refractivity contribution >= 4 is 17.4 Å². The number of fused-ring (bicyclic) bond motifs is 1. The van der Waals surface area contributed by atoms with E-state index >= 15 is 0 Å². The number of benzene rings is 3. The van der Waals surface area contributed by atoms with E-state index in [4.69, 9.17) is 18.9 Å². The molecule has 0 saturated carbocycles. The van der Waals surface area contributed by atoms with E-state index < -0.39 is 17.7 Å². The van der Waals surface area contributed by atoms with Crippen LogP contribution >= 0.6 is 0 Å². The summed E-state index contributed by atoms with van der Waals surface area (Å²) in [4.78, 5) is 28.4. The number of amides is 1. The van der Waals surface area contributed by atoms with Gasteiger partial charge in [-0.25, -0.2) is 0 Å². The van der Waals surface area contributed by atoms with E-state index in [1.165, 1.54) is 26.2 Å². The monoisotopic (exact) mass is 515 g/mol. The number of ether oxygens (including phenoxy) is 4. The molecule has 0 unspecified atom stereocenters. The van der Waals surface area contributed by atoms with Crippen molar-refractivity contribution in [2.24, 2.45) is 0 Å². The van der Waals surface area contributed by atoms with E-state index in [2.05, 4.69) is 0 Å². The van der Waals surface area contributed by atoms with Gasteiger partial charge in [-0.1, -0.05) is 30.3 Å². The Morgan fingerprint density at radius 2 is 1.66 bits per heavy atom. The van der Waals surface area contributed by atoms with Crippen molar-refractivity contribution < 1.29 is 33.6 Å². The summed E-state index contributed by atoms with van der Waals surface area (Å²) in [6.07, 6.45) is 0.716. The topological polar surface area (TPSA) is 94.5 Å². The SMILES string of the molecule is COc1cc([C@H]2C(=C(O)c3ccc4c(c3)C[C@H](C)O4)C(=O)C(=O)N2Cc2ccccc2)cc(OC)c1OC. The molecule has 38 heavy (non-hydrogen) atoms. The summed E-state index contributed by atoms with van der Waals surface area (Å²) in [5.74, 6) is 0.160. The molecule has 1 N–H and O–H groups in total. The Hall–Kier alpha value is -4.46. The summed E-state index contributed by atoms with van der Waals surface area (Å²) < 4.78 is 22.3. The van der Waals surface area contributed by atoms with Gasteiger partial charge in [-0.3, -0.25) is 9.59 Å². The van der Waals surface area contributed by atoms with E-state index in [9.17, 15) is 14.7 Å². The van der Waals surface area contributed by atoms with E-state index in [1.54, 1.807) is 24.3 Å². The van der Waals surface area contributed by atoms with Crippen LogP contribution < -0.4 is 18.9 Å². The number of aliphatic hydroxyl groups excluding tert-OH is 1. The lowest BCUT2D eigenvalue weighted by atomic mass is 9.93. The first-order chi connectivity index (χ1) is 18.4. The normalized spacial score (nSPS) is 19.7. The minimum atomic E-state index is -0.896. The highest BCUT2D eigenvalue weighted by Crippen LogP contribution is 2.46. The summed E-state index contributed by atoms with van der Waals surface area (Å²) in [6, 6.07) is 17.2. The summed E-state index contributed by atoms with van der Waals surface area (Å²) in [5, 5.41) is 11.5. The number of rotatable bonds is 7. The second-order valence-electron chi connectivity index (χ2n) is 9.33. The van der Waals surface area contributed by atoms with E-state index in [-0.39, 0.29) is 24.0 Å². The van der Waals surface area contributed by atoms with Crippen LogP contribution in [0, 0.1) is 0 Å². The molecule has 3 aromatic rings. The summed E-state index contributed by atoms with van der Waals surface area (Å²) in [6.45, 7) is 2.14. The summed E-state index contributed by atoms with van der Waals surface area (Å²) in [7, 11) is 4.49. The van der Waals surface area contributed by atoms with Gasteiger partial charge < -0.3 is 29.0 Å². The molecule has 2 aliphatic rings. The molecule has 2 heterocycles. The number of likely N-dealkylation sites (tertiary alicyclic amines) is 1. The number of methoxy groups -OCH3 is 3. The Morgan fingerprint density at radius 1 is 0.974 bits per heavy atom. The van der Waals surface area contributed by atoms with Gasteiger partial charge in [-0.15, -0.1) is 0 Å². The Balaban J connectivity index is 1.69. The van der Waals surface area contributed by atoms with Crippen molar-refractivity contribution in [3.8, 4) is 23.0 Å². The van der Waals surface area contributed by atoms with Crippen LogP contribution in [-0.4, -0.2) is 49.1 Å². The number of carbonyl (C=O) groups excluding carboxylic acids is 2. The number of ketones is 1. The van der Waals surface area contributed by atoms with Crippen molar-refractivity contribution in [2.45, 2.75) is 32.0 Å². The second kappa shape index (κ2) is 10.1. The maximum absolute atomic E-state index is 13.5. The van der Waals surface area contributed by atoms with Gasteiger partial charge in [0.15, 0.2) is 11.5 Å². The number of nitrogens with zero attached hydrogens (tertiary/aromatic N) is 1. The molecule has 0 bridgehead atoms. The van der Waals surface area contributed by atoms with Gasteiger partial charge in [0.05, 0.1) is 32.9 Å². The molecule has 1 fully saturated rings. The van der Waals surface area contributed by atoms with Crippen LogP contribution in [0.25, 0.3) is 5.76 Å². The zero-order valence-corrected chi connectivity index (χ0v) is 21.7. The Morgan fingerprint density at radius 3 is 2.29 bits per heavy atom. The average Bonchev–Trinajstić information content (AvgIpc) is 3.43. The lowest BCUT2D eigenvalue weighted by molar-refractivity contribution is -0.140. The van der Waals surface area contributed by atoms with Crippen LogP contribution in [-0.2, 0) is 22.6 Å². The summed E-state index contributed by atoms with van der Waals surface area (Å²) >= 11 is 0. The largest absolute Gasteiger partial charge is 0.507 e. The van der Waals surface area contributed by atoms with Crippen LogP contribution in [0.4, 0.5) is 0 Å². The third-order valence-electron chi connectivity index (χ3n) is 6.91. The predicted molar refractivity (Wildman–Crippen MR) is 141 cm³/mol. The third-order valence-corrected chi connectivity index (χ3v) is 6.91. The van der Waals surface area contributed by atoms with Crippen molar-refractivity contribution in [3.05, 3.63) is 88.5 Å². The molecule has 0 aliphatic carbocycles. The van der Waals surface area contributed by atoms with Gasteiger partial charge in [0.25, 0.3) is 11.7 Å². The molecule has 0 spiro atoms. The number of carbonyl (C=O) groups is 2. The van der Waals surface area contributed by atoms with Crippen LogP contribution in [0.2, 0.25) is 0 Å². The Labute approximate surface area is 221 Å². The first kappa shape index (κ1) is 25.2. The molecule has 3 aromatic carbocycles. The smallest absolute Gasteiger partial charge is 0.295 e. The predicted octanol–water partition coefficient (Wildman–Crippen LogP) is 4.66. The van der Waals surface area contributed by atoms with Gasteiger partial charge in [0.1, 0.15) is 17.6 Å². The van der Waals surface area contributed by atoms with Crippen molar-refractivity contribution in [1.29, 1.82) is 0 Å². The molecular weight excluding hydrogens is 486 g/mol. The number of hydrogen-bond donors (Lipinski definition) is 1. The fourth-order valence-electron chi connectivity index (χ4n) is 5.15. The van der Waals surface area contributed by atoms with Crippen LogP contribution in [0.3, 0.4) is 0 Å². The molecule has 5 rings (SSSR count). The number of Topliss-reactive ketones (excluding diaryl/α,β-unsaturated/α-hetero) is 1. The number of aliphatic hydroxyl groups is 1. The standard InChI is InChI=1S/C30H29NO7/c1-17-12-20-13-19(10-11-22(20)38-17)27(32)25-26(21-14-23(35-2)29(37-4)24(15-21)36-3)31(30(34)28(25)33)16-18-8-6-5-7-9-18/h5-11,13-15,17,26,32H,12,16H2,1-4H3/t17-,26-/m0/s1. The highest BCUT2D eigenvalue weighted by Gasteiger charge is 2.46. The summed E-state index contributed by atoms with van der Waals surface area (Å²) in [5.41, 5.74) is 2.75. The minimum Gasteiger partial charge on any atom is -0.507 e. The van der Waals surface area contributed by atoms with Crippen LogP contribution in [0.1, 0.15) is 35.2 Å². The Bertz CT molecular complexity index is 1400. The maximum Gasteiger partial charge on any atom is 0.295 e. The molecule has 8 heteroatoms. The zero-order valence-electron chi connectivity index (χ0n) is 21.7. The third kappa shape index (κ3) is 4.32. The molecule has 0 aromatic heterocycles. The maximum atomic E-state index is 13.5. The quantitative estimate of drug-likeness (QED) is 0.278. The fourth-order valence-corrected chi connectivity index (χ4v) is 5.15. The van der Waals surface area contributed by atoms with E-state index in [0.717, 1.165) is 16.9 Å². The Kier molecular flexibility index (Phi) is 6.72. The van der Waals surface area contributed by atoms with Gasteiger partial charge >= 0.3 is 0 Å². The molecule has 1 amide bonds. The van der Waals surface area contributed by atoms with Crippen molar-refractivity contribution in [1.82, 2.24) is 4.90 Å². The van der Waals surface area contributed by atoms with Crippen molar-refractivity contribution in [2.75, 3.05) is 21.3 Å². The van der Waals surface area contributed by atoms with E-state index in [0.29, 0.717) is 34.8 Å². The minimum absolute atomic E-state index is 0.00730. The molecule has 0 radical (unpaired) electrons. The van der Waals surface area contributed by atoms with Gasteiger partial charge in [0.2, 0.25) is 5.75 Å². The molecule has 196 valence electrons. The van der Waals surface area contributed by atoms with Crippen LogP contribution in [0.5, 0.6) is 23.0 Å². The van der Waals surface area contributed by atoms with Crippen molar-refractivity contribution in [3.63, 3.8) is 0 Å². The molecule has 2 aliphatic heterocycles. The first-order valence-corrected chi connectivity index (χ1v) is 12.3. The van der Waals surface area contributed by atoms with E-state index in [1.807, 2.05) is 43.3 Å². The fraction of sp³-hybridized carbons (Fsp3) is 0.267. The lowest BCUT2D eigenvalue weighted by Gasteiger charge is -2.26. The van der Waals surface area contributed by atoms with Gasteiger partial charge in [-0.05, 0) is 53.9 Å². The highest BCUT2D eigenvalue weighted by molar-refractivity contribution is 6.46.